The van der Waals surface area contributed by atoms with Crippen LogP contribution in [0.4, 0.5) is 5.69 Å². The van der Waals surface area contributed by atoms with Crippen molar-refractivity contribution in [3.05, 3.63) is 28.8 Å². The Hall–Kier alpha value is -2.08. The third-order valence-corrected chi connectivity index (χ3v) is 6.05. The number of rotatable bonds is 4. The molecule has 3 fully saturated rings. The van der Waals surface area contributed by atoms with Crippen molar-refractivity contribution in [1.29, 1.82) is 0 Å². The smallest absolute Gasteiger partial charge is 0.310 e. The number of carbonyl (C=O) groups is 3. The maximum atomic E-state index is 12.4. The second-order valence-corrected chi connectivity index (χ2v) is 7.40. The SMILES string of the molecule is Cc1c(Cl)cccc1NC(=O)COC(=O)[C@@H]1[C@@H]2C[C@@H]3[C@H]1C(=O)O[C@H]3C2. The second-order valence-electron chi connectivity index (χ2n) is 6.99. The average Bonchev–Trinajstić information content (AvgIpc) is 3.19. The molecule has 4 rings (SSSR count). The molecule has 1 aliphatic heterocycles. The number of benzene rings is 1. The normalized spacial score (nSPS) is 31.8. The van der Waals surface area contributed by atoms with Crippen LogP contribution >= 0.6 is 11.6 Å². The molecule has 0 unspecified atom stereocenters. The first kappa shape index (κ1) is 16.4. The summed E-state index contributed by atoms with van der Waals surface area (Å²) in [7, 11) is 0. The molecule has 0 aromatic heterocycles. The Kier molecular flexibility index (Phi) is 3.95. The van der Waals surface area contributed by atoms with E-state index in [9.17, 15) is 14.4 Å². The molecule has 0 spiro atoms. The van der Waals surface area contributed by atoms with E-state index in [1.54, 1.807) is 25.1 Å². The van der Waals surface area contributed by atoms with Gasteiger partial charge in [0.15, 0.2) is 6.61 Å². The molecule has 1 amide bonds. The minimum atomic E-state index is -0.479. The molecular weight excluding hydrogens is 346 g/mol. The fraction of sp³-hybridized carbons (Fsp3) is 0.500. The molecule has 2 bridgehead atoms. The molecule has 0 radical (unpaired) electrons. The number of anilines is 1. The predicted molar refractivity (Wildman–Crippen MR) is 88.9 cm³/mol. The number of carbonyl (C=O) groups excluding carboxylic acids is 3. The van der Waals surface area contributed by atoms with Gasteiger partial charge in [-0.1, -0.05) is 17.7 Å². The number of fused-ring (bicyclic) bond motifs is 1. The Morgan fingerprint density at radius 3 is 2.96 bits per heavy atom. The molecule has 2 saturated carbocycles. The van der Waals surface area contributed by atoms with Crippen LogP contribution in [-0.2, 0) is 23.9 Å². The summed E-state index contributed by atoms with van der Waals surface area (Å²) >= 11 is 6.02. The van der Waals surface area contributed by atoms with Gasteiger partial charge in [0.25, 0.3) is 5.91 Å². The lowest BCUT2D eigenvalue weighted by Gasteiger charge is -2.22. The van der Waals surface area contributed by atoms with E-state index in [4.69, 9.17) is 21.1 Å². The van der Waals surface area contributed by atoms with Gasteiger partial charge in [-0.25, -0.2) is 0 Å². The number of esters is 2. The molecule has 7 heteroatoms. The Balaban J connectivity index is 1.35. The molecule has 132 valence electrons. The van der Waals surface area contributed by atoms with E-state index >= 15 is 0 Å². The van der Waals surface area contributed by atoms with Crippen molar-refractivity contribution in [1.82, 2.24) is 0 Å². The standard InChI is InChI=1S/C18H18ClNO5/c1-8-11(19)3-2-4-12(8)20-14(21)7-24-17(22)15-9-5-10-13(6-9)25-18(23)16(10)15/h2-4,9-10,13,15-16H,5-7H2,1H3,(H,20,21)/t9-,10+,13+,15-,16-/m1/s1. The lowest BCUT2D eigenvalue weighted by Crippen LogP contribution is -2.35. The van der Waals surface area contributed by atoms with Crippen molar-refractivity contribution < 1.29 is 23.9 Å². The first-order valence-corrected chi connectivity index (χ1v) is 8.75. The molecule has 1 aromatic rings. The Morgan fingerprint density at radius 2 is 2.16 bits per heavy atom. The summed E-state index contributed by atoms with van der Waals surface area (Å²) in [5, 5.41) is 3.23. The summed E-state index contributed by atoms with van der Waals surface area (Å²) in [6.45, 7) is 1.41. The highest BCUT2D eigenvalue weighted by molar-refractivity contribution is 6.31. The van der Waals surface area contributed by atoms with Crippen LogP contribution in [0.2, 0.25) is 5.02 Å². The van der Waals surface area contributed by atoms with Gasteiger partial charge in [-0.15, -0.1) is 0 Å². The molecule has 1 N–H and O–H groups in total. The molecule has 6 nitrogen and oxygen atoms in total. The summed E-state index contributed by atoms with van der Waals surface area (Å²) in [5.74, 6) is -1.82. The number of halogens is 1. The van der Waals surface area contributed by atoms with Crippen LogP contribution in [0.15, 0.2) is 18.2 Å². The van der Waals surface area contributed by atoms with Gasteiger partial charge in [0.2, 0.25) is 0 Å². The van der Waals surface area contributed by atoms with Gasteiger partial charge in [-0.05, 0) is 43.4 Å². The molecule has 25 heavy (non-hydrogen) atoms. The van der Waals surface area contributed by atoms with Crippen molar-refractivity contribution in [2.75, 3.05) is 11.9 Å². The van der Waals surface area contributed by atoms with Crippen LogP contribution in [0.25, 0.3) is 0 Å². The zero-order valence-electron chi connectivity index (χ0n) is 13.7. The van der Waals surface area contributed by atoms with Crippen LogP contribution in [0.1, 0.15) is 18.4 Å². The fourth-order valence-electron chi connectivity index (χ4n) is 4.49. The lowest BCUT2D eigenvalue weighted by molar-refractivity contribution is -0.157. The summed E-state index contributed by atoms with van der Waals surface area (Å²) in [6, 6.07) is 5.19. The van der Waals surface area contributed by atoms with Crippen LogP contribution in [0.5, 0.6) is 0 Å². The monoisotopic (exact) mass is 363 g/mol. The number of hydrogen-bond acceptors (Lipinski definition) is 5. The molecule has 5 atom stereocenters. The first-order chi connectivity index (χ1) is 12.0. The lowest BCUT2D eigenvalue weighted by atomic mass is 9.80. The van der Waals surface area contributed by atoms with E-state index in [0.29, 0.717) is 10.7 Å². The van der Waals surface area contributed by atoms with E-state index in [0.717, 1.165) is 18.4 Å². The third kappa shape index (κ3) is 2.68. The quantitative estimate of drug-likeness (QED) is 0.830. The second kappa shape index (κ2) is 6.02. The number of ether oxygens (including phenoxy) is 2. The molecule has 1 aromatic carbocycles. The van der Waals surface area contributed by atoms with Crippen molar-refractivity contribution in [3.8, 4) is 0 Å². The van der Waals surface area contributed by atoms with Crippen molar-refractivity contribution in [3.63, 3.8) is 0 Å². The van der Waals surface area contributed by atoms with E-state index in [-0.39, 0.29) is 30.5 Å². The highest BCUT2D eigenvalue weighted by Crippen LogP contribution is 2.57. The van der Waals surface area contributed by atoms with Gasteiger partial charge in [-0.3, -0.25) is 14.4 Å². The van der Waals surface area contributed by atoms with E-state index in [2.05, 4.69) is 5.32 Å². The minimum Gasteiger partial charge on any atom is -0.462 e. The van der Waals surface area contributed by atoms with E-state index in [1.807, 2.05) is 0 Å². The largest absolute Gasteiger partial charge is 0.462 e. The Morgan fingerprint density at radius 1 is 1.36 bits per heavy atom. The number of nitrogens with one attached hydrogen (secondary N) is 1. The summed E-state index contributed by atoms with van der Waals surface area (Å²) in [4.78, 5) is 36.4. The van der Waals surface area contributed by atoms with E-state index < -0.39 is 23.7 Å². The molecular formula is C18H18ClNO5. The zero-order valence-corrected chi connectivity index (χ0v) is 14.4. The Labute approximate surface area is 149 Å². The third-order valence-electron chi connectivity index (χ3n) is 5.64. The van der Waals surface area contributed by atoms with E-state index in [1.165, 1.54) is 0 Å². The minimum absolute atomic E-state index is 0.0272. The van der Waals surface area contributed by atoms with Crippen LogP contribution < -0.4 is 5.32 Å². The van der Waals surface area contributed by atoms with Crippen LogP contribution in [0, 0.1) is 30.6 Å². The first-order valence-electron chi connectivity index (χ1n) is 8.38. The number of amides is 1. The van der Waals surface area contributed by atoms with Gasteiger partial charge in [0.1, 0.15) is 6.10 Å². The van der Waals surface area contributed by atoms with Gasteiger partial charge in [-0.2, -0.15) is 0 Å². The van der Waals surface area contributed by atoms with Gasteiger partial charge >= 0.3 is 11.9 Å². The average molecular weight is 364 g/mol. The molecule has 2 aliphatic carbocycles. The van der Waals surface area contributed by atoms with Crippen LogP contribution in [-0.4, -0.2) is 30.6 Å². The predicted octanol–water partition coefficient (Wildman–Crippen LogP) is 2.33. The summed E-state index contributed by atoms with van der Waals surface area (Å²) < 4.78 is 10.5. The molecule has 1 saturated heterocycles. The maximum absolute atomic E-state index is 12.4. The zero-order chi connectivity index (χ0) is 17.7. The molecule has 3 aliphatic rings. The summed E-state index contributed by atoms with van der Waals surface area (Å²) in [6.07, 6.45) is 1.52. The fourth-order valence-corrected chi connectivity index (χ4v) is 4.66. The number of hydrogen-bond donors (Lipinski definition) is 1. The van der Waals surface area contributed by atoms with Gasteiger partial charge in [0, 0.05) is 16.6 Å². The summed E-state index contributed by atoms with van der Waals surface area (Å²) in [5.41, 5.74) is 1.33. The highest BCUT2D eigenvalue weighted by Gasteiger charge is 2.64. The highest BCUT2D eigenvalue weighted by atomic mass is 35.5. The molecule has 1 heterocycles. The van der Waals surface area contributed by atoms with Gasteiger partial charge < -0.3 is 14.8 Å². The Bertz CT molecular complexity index is 762. The van der Waals surface area contributed by atoms with Crippen molar-refractivity contribution in [2.24, 2.45) is 23.7 Å². The van der Waals surface area contributed by atoms with Crippen molar-refractivity contribution in [2.45, 2.75) is 25.9 Å². The maximum Gasteiger partial charge on any atom is 0.310 e. The van der Waals surface area contributed by atoms with Crippen molar-refractivity contribution >= 4 is 35.1 Å². The van der Waals surface area contributed by atoms with Crippen LogP contribution in [0.3, 0.4) is 0 Å². The topological polar surface area (TPSA) is 81.7 Å². The van der Waals surface area contributed by atoms with Gasteiger partial charge in [0.05, 0.1) is 11.8 Å².